The van der Waals surface area contributed by atoms with Crippen molar-refractivity contribution in [3.8, 4) is 0 Å². The average Bonchev–Trinajstić information content (AvgIpc) is 2.53. The minimum atomic E-state index is -0.886. The van der Waals surface area contributed by atoms with Crippen molar-refractivity contribution < 1.29 is 24.9 Å². The zero-order valence-corrected chi connectivity index (χ0v) is 15.5. The van der Waals surface area contributed by atoms with Gasteiger partial charge < -0.3 is 20.1 Å². The molecule has 5 heteroatoms. The summed E-state index contributed by atoms with van der Waals surface area (Å²) in [6.07, 6.45) is 6.88. The van der Waals surface area contributed by atoms with Crippen LogP contribution in [-0.2, 0) is 9.53 Å². The number of aliphatic hydroxyl groups excluding tert-OH is 3. The Balaban J connectivity index is 1.91. The fraction of sp³-hybridized carbons (Fsp3) is 0.750. The minimum absolute atomic E-state index is 0.0950. The molecule has 0 spiro atoms. The predicted molar refractivity (Wildman–Crippen MR) is 95.7 cm³/mol. The maximum absolute atomic E-state index is 11.2. The second-order valence-corrected chi connectivity index (χ2v) is 7.76. The lowest BCUT2D eigenvalue weighted by Gasteiger charge is -2.41. The predicted octanol–water partition coefficient (Wildman–Crippen LogP) is 2.21. The maximum Gasteiger partial charge on any atom is 0.308 e. The molecular weight excluding hydrogens is 320 g/mol. The number of fused-ring (bicyclic) bond motifs is 1. The van der Waals surface area contributed by atoms with E-state index in [4.69, 9.17) is 0 Å². The highest BCUT2D eigenvalue weighted by Gasteiger charge is 2.38. The van der Waals surface area contributed by atoms with Gasteiger partial charge in [-0.25, -0.2) is 0 Å². The lowest BCUT2D eigenvalue weighted by Crippen LogP contribution is -2.38. The SMILES string of the molecule is COC(=O)C[C@H](O)C[C@H](O)CC[C@@H]1[C@@H]2C(=C[C@H](C)C[C@@H]2O)C=C[C@@H]1C. The van der Waals surface area contributed by atoms with Crippen molar-refractivity contribution >= 4 is 5.97 Å². The molecule has 142 valence electrons. The van der Waals surface area contributed by atoms with Gasteiger partial charge in [-0.2, -0.15) is 0 Å². The van der Waals surface area contributed by atoms with Gasteiger partial charge in [-0.15, -0.1) is 0 Å². The molecule has 2 aliphatic rings. The highest BCUT2D eigenvalue weighted by Crippen LogP contribution is 2.43. The Bertz CT molecular complexity index is 512. The number of hydrogen-bond donors (Lipinski definition) is 3. The summed E-state index contributed by atoms with van der Waals surface area (Å²) in [5.41, 5.74) is 1.22. The first-order valence-corrected chi connectivity index (χ1v) is 9.32. The summed E-state index contributed by atoms with van der Waals surface area (Å²) < 4.78 is 4.53. The monoisotopic (exact) mass is 352 g/mol. The van der Waals surface area contributed by atoms with Crippen molar-refractivity contribution in [1.82, 2.24) is 0 Å². The molecule has 0 amide bonds. The lowest BCUT2D eigenvalue weighted by atomic mass is 9.65. The highest BCUT2D eigenvalue weighted by atomic mass is 16.5. The van der Waals surface area contributed by atoms with Crippen molar-refractivity contribution in [3.05, 3.63) is 23.8 Å². The van der Waals surface area contributed by atoms with Gasteiger partial charge in [0, 0.05) is 5.92 Å². The lowest BCUT2D eigenvalue weighted by molar-refractivity contribution is -0.143. The number of hydrogen-bond acceptors (Lipinski definition) is 5. The Morgan fingerprint density at radius 2 is 2.04 bits per heavy atom. The van der Waals surface area contributed by atoms with E-state index in [1.165, 1.54) is 12.7 Å². The van der Waals surface area contributed by atoms with E-state index in [2.05, 4.69) is 36.8 Å². The van der Waals surface area contributed by atoms with Gasteiger partial charge in [0.1, 0.15) is 0 Å². The van der Waals surface area contributed by atoms with Crippen LogP contribution in [-0.4, -0.2) is 46.7 Å². The molecule has 0 aliphatic heterocycles. The maximum atomic E-state index is 11.2. The van der Waals surface area contributed by atoms with Crippen molar-refractivity contribution in [2.45, 2.75) is 64.3 Å². The van der Waals surface area contributed by atoms with Gasteiger partial charge in [0.15, 0.2) is 0 Å². The van der Waals surface area contributed by atoms with E-state index in [0.717, 1.165) is 12.8 Å². The zero-order valence-electron chi connectivity index (χ0n) is 15.5. The smallest absolute Gasteiger partial charge is 0.308 e. The molecule has 0 heterocycles. The molecule has 0 aromatic heterocycles. The van der Waals surface area contributed by atoms with Crippen LogP contribution in [0, 0.1) is 23.7 Å². The Kier molecular flexibility index (Phi) is 7.23. The number of carbonyl (C=O) groups is 1. The molecule has 0 saturated carbocycles. The van der Waals surface area contributed by atoms with Gasteiger partial charge in [0.05, 0.1) is 31.8 Å². The van der Waals surface area contributed by atoms with Crippen LogP contribution in [0.1, 0.15) is 46.0 Å². The summed E-state index contributed by atoms with van der Waals surface area (Å²) in [5.74, 6) is 0.672. The molecule has 2 aliphatic carbocycles. The Labute approximate surface area is 150 Å². The molecular formula is C20H32O5. The fourth-order valence-corrected chi connectivity index (χ4v) is 4.31. The molecule has 7 atom stereocenters. The molecule has 0 aromatic rings. The van der Waals surface area contributed by atoms with Crippen LogP contribution < -0.4 is 0 Å². The van der Waals surface area contributed by atoms with Crippen molar-refractivity contribution in [3.63, 3.8) is 0 Å². The summed E-state index contributed by atoms with van der Waals surface area (Å²) in [6, 6.07) is 0. The van der Waals surface area contributed by atoms with Crippen molar-refractivity contribution in [2.24, 2.45) is 23.7 Å². The van der Waals surface area contributed by atoms with Crippen LogP contribution in [0.3, 0.4) is 0 Å². The molecule has 0 bridgehead atoms. The first-order chi connectivity index (χ1) is 11.8. The number of rotatable bonds is 7. The number of allylic oxidation sites excluding steroid dienone is 3. The molecule has 3 N–H and O–H groups in total. The van der Waals surface area contributed by atoms with Crippen molar-refractivity contribution in [1.29, 1.82) is 0 Å². The van der Waals surface area contributed by atoms with Crippen LogP contribution in [0.25, 0.3) is 0 Å². The van der Waals surface area contributed by atoms with Crippen LogP contribution in [0.4, 0.5) is 0 Å². The zero-order chi connectivity index (χ0) is 18.6. The molecule has 0 unspecified atom stereocenters. The summed E-state index contributed by atoms with van der Waals surface area (Å²) >= 11 is 0. The molecule has 0 radical (unpaired) electrons. The summed E-state index contributed by atoms with van der Waals surface area (Å²) in [4.78, 5) is 11.2. The van der Waals surface area contributed by atoms with E-state index in [0.29, 0.717) is 18.3 Å². The number of ether oxygens (including phenoxy) is 1. The van der Waals surface area contributed by atoms with Crippen LogP contribution in [0.5, 0.6) is 0 Å². The van der Waals surface area contributed by atoms with E-state index < -0.39 is 18.2 Å². The summed E-state index contributed by atoms with van der Waals surface area (Å²) in [5, 5.41) is 30.6. The van der Waals surface area contributed by atoms with E-state index in [-0.39, 0.29) is 30.8 Å². The van der Waals surface area contributed by atoms with Crippen LogP contribution >= 0.6 is 0 Å². The van der Waals surface area contributed by atoms with Crippen LogP contribution in [0.15, 0.2) is 23.8 Å². The van der Waals surface area contributed by atoms with E-state index in [1.54, 1.807) is 0 Å². The molecule has 0 saturated heterocycles. The second-order valence-electron chi connectivity index (χ2n) is 7.76. The quantitative estimate of drug-likeness (QED) is 0.612. The fourth-order valence-electron chi connectivity index (χ4n) is 4.31. The van der Waals surface area contributed by atoms with Gasteiger partial charge >= 0.3 is 5.97 Å². The highest BCUT2D eigenvalue weighted by molar-refractivity contribution is 5.69. The van der Waals surface area contributed by atoms with Crippen LogP contribution in [0.2, 0.25) is 0 Å². The van der Waals surface area contributed by atoms with Gasteiger partial charge in [-0.05, 0) is 49.0 Å². The van der Waals surface area contributed by atoms with E-state index in [1.807, 2.05) is 0 Å². The standard InChI is InChI=1S/C20H32O5/c1-12-8-14-5-4-13(2)17(20(14)18(23)9-12)7-6-15(21)10-16(22)11-19(24)25-3/h4-5,8,12-13,15-18,20-23H,6-7,9-11H2,1-3H3/t12-,13-,15+,16+,17-,18-,20-/m0/s1. The first kappa shape index (κ1) is 20.1. The number of carbonyl (C=O) groups excluding carboxylic acids is 1. The molecule has 0 fully saturated rings. The van der Waals surface area contributed by atoms with Gasteiger partial charge in [0.25, 0.3) is 0 Å². The molecule has 25 heavy (non-hydrogen) atoms. The van der Waals surface area contributed by atoms with Crippen molar-refractivity contribution in [2.75, 3.05) is 7.11 Å². The van der Waals surface area contributed by atoms with Gasteiger partial charge in [0.2, 0.25) is 0 Å². The largest absolute Gasteiger partial charge is 0.469 e. The Hall–Kier alpha value is -1.17. The summed E-state index contributed by atoms with van der Waals surface area (Å²) in [6.45, 7) is 4.28. The Morgan fingerprint density at radius 3 is 2.72 bits per heavy atom. The minimum Gasteiger partial charge on any atom is -0.469 e. The van der Waals surface area contributed by atoms with Gasteiger partial charge in [-0.1, -0.05) is 32.1 Å². The molecule has 0 aromatic carbocycles. The van der Waals surface area contributed by atoms with Gasteiger partial charge in [-0.3, -0.25) is 4.79 Å². The topological polar surface area (TPSA) is 87.0 Å². The second kappa shape index (κ2) is 8.97. The molecule has 5 nitrogen and oxygen atoms in total. The molecule has 2 rings (SSSR count). The normalized spacial score (nSPS) is 34.0. The number of aliphatic hydroxyl groups is 3. The first-order valence-electron chi connectivity index (χ1n) is 9.32. The average molecular weight is 352 g/mol. The number of methoxy groups -OCH3 is 1. The third-order valence-electron chi connectivity index (χ3n) is 5.63. The Morgan fingerprint density at radius 1 is 1.32 bits per heavy atom. The summed E-state index contributed by atoms with van der Waals surface area (Å²) in [7, 11) is 1.28. The number of esters is 1. The van der Waals surface area contributed by atoms with E-state index >= 15 is 0 Å². The van der Waals surface area contributed by atoms with E-state index in [9.17, 15) is 20.1 Å². The third-order valence-corrected chi connectivity index (χ3v) is 5.63. The third kappa shape index (κ3) is 5.40.